The van der Waals surface area contributed by atoms with E-state index in [9.17, 15) is 13.2 Å². The van der Waals surface area contributed by atoms with E-state index in [1.165, 1.54) is 12.1 Å². The summed E-state index contributed by atoms with van der Waals surface area (Å²) in [5, 5.41) is 8.08. The van der Waals surface area contributed by atoms with Gasteiger partial charge >= 0.3 is 6.18 Å². The van der Waals surface area contributed by atoms with Gasteiger partial charge in [0.15, 0.2) is 0 Å². The molecule has 2 aromatic carbocycles. The number of aromatic nitrogens is 2. The minimum absolute atomic E-state index is 0.540. The van der Waals surface area contributed by atoms with Crippen LogP contribution in [0.2, 0.25) is 0 Å². The molecule has 0 bridgehead atoms. The Balaban J connectivity index is 1.78. The fourth-order valence-electron chi connectivity index (χ4n) is 3.47. The van der Waals surface area contributed by atoms with Gasteiger partial charge in [-0.1, -0.05) is 12.1 Å². The highest BCUT2D eigenvalue weighted by molar-refractivity contribution is 5.72. The van der Waals surface area contributed by atoms with Crippen molar-refractivity contribution in [3.8, 4) is 11.3 Å². The largest absolute Gasteiger partial charge is 0.416 e. The van der Waals surface area contributed by atoms with Gasteiger partial charge in [0, 0.05) is 42.8 Å². The lowest BCUT2D eigenvalue weighted by molar-refractivity contribution is -0.137. The number of halogens is 3. The molecule has 0 fully saturated rings. The van der Waals surface area contributed by atoms with Crippen LogP contribution in [0.5, 0.6) is 0 Å². The van der Waals surface area contributed by atoms with E-state index in [-0.39, 0.29) is 0 Å². The molecule has 0 radical (unpaired) electrons. The van der Waals surface area contributed by atoms with Crippen LogP contribution < -0.4 is 4.90 Å². The van der Waals surface area contributed by atoms with Crippen molar-refractivity contribution in [3.63, 3.8) is 0 Å². The molecule has 0 N–H and O–H groups in total. The van der Waals surface area contributed by atoms with Gasteiger partial charge in [-0.25, -0.2) is 0 Å². The van der Waals surface area contributed by atoms with Crippen LogP contribution >= 0.6 is 0 Å². The molecule has 2 heterocycles. The molecule has 4 rings (SSSR count). The van der Waals surface area contributed by atoms with Crippen molar-refractivity contribution >= 4 is 11.4 Å². The van der Waals surface area contributed by atoms with Crippen LogP contribution in [0.25, 0.3) is 11.3 Å². The lowest BCUT2D eigenvalue weighted by Crippen LogP contribution is -2.26. The van der Waals surface area contributed by atoms with Crippen LogP contribution in [0.1, 0.15) is 11.1 Å². The quantitative estimate of drug-likeness (QED) is 0.639. The van der Waals surface area contributed by atoms with E-state index in [4.69, 9.17) is 0 Å². The Morgan fingerprint density at radius 1 is 0.964 bits per heavy atom. The van der Waals surface area contributed by atoms with Crippen LogP contribution in [0, 0.1) is 0 Å². The number of benzene rings is 2. The Labute approximate surface area is 161 Å². The minimum atomic E-state index is -4.36. The monoisotopic (exact) mass is 384 g/mol. The Kier molecular flexibility index (Phi) is 4.77. The molecule has 0 spiro atoms. The SMILES string of the molecule is CN1CCN(c2cccc(C(F)(F)F)c2)c2ccc(-c3cccnn3)cc2C1. The fraction of sp³-hybridized carbons (Fsp3) is 0.238. The first-order valence-corrected chi connectivity index (χ1v) is 8.96. The van der Waals surface area contributed by atoms with E-state index in [1.54, 1.807) is 12.3 Å². The summed E-state index contributed by atoms with van der Waals surface area (Å²) in [7, 11) is 2.01. The molecule has 1 aliphatic heterocycles. The van der Waals surface area contributed by atoms with Gasteiger partial charge in [-0.2, -0.15) is 23.4 Å². The maximum atomic E-state index is 13.2. The van der Waals surface area contributed by atoms with Crippen LogP contribution in [0.15, 0.2) is 60.8 Å². The van der Waals surface area contributed by atoms with E-state index >= 15 is 0 Å². The Morgan fingerprint density at radius 3 is 2.57 bits per heavy atom. The van der Waals surface area contributed by atoms with E-state index in [2.05, 4.69) is 15.1 Å². The predicted octanol–water partition coefficient (Wildman–Crippen LogP) is 4.75. The lowest BCUT2D eigenvalue weighted by Gasteiger charge is -2.26. The van der Waals surface area contributed by atoms with E-state index in [1.807, 2.05) is 42.3 Å². The Morgan fingerprint density at radius 2 is 1.82 bits per heavy atom. The van der Waals surface area contributed by atoms with E-state index < -0.39 is 11.7 Å². The molecule has 1 aliphatic rings. The first-order valence-electron chi connectivity index (χ1n) is 8.96. The Hall–Kier alpha value is -2.93. The summed E-state index contributed by atoms with van der Waals surface area (Å²) >= 11 is 0. The van der Waals surface area contributed by atoms with E-state index in [0.717, 1.165) is 35.1 Å². The van der Waals surface area contributed by atoms with Gasteiger partial charge in [-0.3, -0.25) is 0 Å². The van der Waals surface area contributed by atoms with Gasteiger partial charge in [0.25, 0.3) is 0 Å². The molecule has 0 amide bonds. The summed E-state index contributed by atoms with van der Waals surface area (Å²) in [6.07, 6.45) is -2.74. The molecule has 0 aliphatic carbocycles. The zero-order valence-corrected chi connectivity index (χ0v) is 15.3. The van der Waals surface area contributed by atoms with Gasteiger partial charge in [0.05, 0.1) is 11.3 Å². The molecular formula is C21H19F3N4. The first kappa shape index (κ1) is 18.4. The molecule has 0 saturated heterocycles. The molecule has 28 heavy (non-hydrogen) atoms. The normalized spacial score (nSPS) is 15.2. The molecule has 0 unspecified atom stereocenters. The number of nitrogens with zero attached hydrogens (tertiary/aromatic N) is 4. The van der Waals surface area contributed by atoms with Crippen molar-refractivity contribution in [1.29, 1.82) is 0 Å². The number of rotatable bonds is 2. The highest BCUT2D eigenvalue weighted by Crippen LogP contribution is 2.37. The van der Waals surface area contributed by atoms with Gasteiger partial charge in [0.1, 0.15) is 0 Å². The summed E-state index contributed by atoms with van der Waals surface area (Å²) < 4.78 is 39.5. The lowest BCUT2D eigenvalue weighted by atomic mass is 10.0. The summed E-state index contributed by atoms with van der Waals surface area (Å²) in [5.74, 6) is 0. The van der Waals surface area contributed by atoms with Gasteiger partial charge in [0.2, 0.25) is 0 Å². The maximum absolute atomic E-state index is 13.2. The summed E-state index contributed by atoms with van der Waals surface area (Å²) in [6.45, 7) is 2.06. The second-order valence-electron chi connectivity index (χ2n) is 6.89. The number of hydrogen-bond donors (Lipinski definition) is 0. The number of likely N-dealkylation sites (N-methyl/N-ethyl adjacent to an activating group) is 1. The van der Waals surface area contributed by atoms with Crippen molar-refractivity contribution < 1.29 is 13.2 Å². The standard InChI is InChI=1S/C21H19F3N4/c1-27-10-11-28(18-5-2-4-17(13-18)21(22,23)24)20-8-7-15(12-16(20)14-27)19-6-3-9-25-26-19/h2-9,12-13H,10-11,14H2,1H3. The minimum Gasteiger partial charge on any atom is -0.340 e. The highest BCUT2D eigenvalue weighted by Gasteiger charge is 2.31. The van der Waals surface area contributed by atoms with Crippen molar-refractivity contribution in [3.05, 3.63) is 71.9 Å². The molecular weight excluding hydrogens is 365 g/mol. The summed E-state index contributed by atoms with van der Waals surface area (Å²) in [6, 6.07) is 15.2. The molecule has 0 saturated carbocycles. The zero-order valence-electron chi connectivity index (χ0n) is 15.3. The summed E-state index contributed by atoms with van der Waals surface area (Å²) in [4.78, 5) is 4.11. The fourth-order valence-corrected chi connectivity index (χ4v) is 3.47. The molecule has 7 heteroatoms. The number of hydrogen-bond acceptors (Lipinski definition) is 4. The van der Waals surface area contributed by atoms with Crippen molar-refractivity contribution in [2.24, 2.45) is 0 Å². The molecule has 144 valence electrons. The third kappa shape index (κ3) is 3.71. The van der Waals surface area contributed by atoms with Crippen molar-refractivity contribution in [2.45, 2.75) is 12.7 Å². The van der Waals surface area contributed by atoms with Crippen LogP contribution in [0.4, 0.5) is 24.5 Å². The van der Waals surface area contributed by atoms with Crippen molar-refractivity contribution in [2.75, 3.05) is 25.0 Å². The zero-order chi connectivity index (χ0) is 19.7. The van der Waals surface area contributed by atoms with Gasteiger partial charge in [-0.15, -0.1) is 0 Å². The van der Waals surface area contributed by atoms with Gasteiger partial charge < -0.3 is 9.80 Å². The molecule has 1 aromatic heterocycles. The average molecular weight is 384 g/mol. The Bertz CT molecular complexity index is 973. The first-order chi connectivity index (χ1) is 13.4. The van der Waals surface area contributed by atoms with Crippen LogP contribution in [-0.2, 0) is 12.7 Å². The smallest absolute Gasteiger partial charge is 0.340 e. The highest BCUT2D eigenvalue weighted by atomic mass is 19.4. The third-order valence-corrected chi connectivity index (χ3v) is 4.87. The third-order valence-electron chi connectivity index (χ3n) is 4.87. The number of alkyl halides is 3. The predicted molar refractivity (Wildman–Crippen MR) is 102 cm³/mol. The second-order valence-corrected chi connectivity index (χ2v) is 6.89. The van der Waals surface area contributed by atoms with Crippen LogP contribution in [-0.4, -0.2) is 35.2 Å². The molecule has 4 nitrogen and oxygen atoms in total. The topological polar surface area (TPSA) is 32.3 Å². The van der Waals surface area contributed by atoms with E-state index in [0.29, 0.717) is 18.8 Å². The number of anilines is 2. The molecule has 0 atom stereocenters. The number of fused-ring (bicyclic) bond motifs is 1. The van der Waals surface area contributed by atoms with Crippen LogP contribution in [0.3, 0.4) is 0 Å². The second kappa shape index (κ2) is 7.24. The van der Waals surface area contributed by atoms with Crippen molar-refractivity contribution in [1.82, 2.24) is 15.1 Å². The average Bonchev–Trinajstić information content (AvgIpc) is 2.85. The summed E-state index contributed by atoms with van der Waals surface area (Å²) in [5.41, 5.74) is 3.56. The van der Waals surface area contributed by atoms with Gasteiger partial charge in [-0.05, 0) is 55.1 Å². The molecule has 3 aromatic rings. The maximum Gasteiger partial charge on any atom is 0.416 e.